The van der Waals surface area contributed by atoms with Crippen LogP contribution in [0.1, 0.15) is 67.9 Å². The van der Waals surface area contributed by atoms with Gasteiger partial charge in [-0.05, 0) is 54.7 Å². The number of carbonyl (C=O) groups is 1. The van der Waals surface area contributed by atoms with Crippen molar-refractivity contribution >= 4 is 11.7 Å². The second-order valence-corrected chi connectivity index (χ2v) is 6.56. The molecule has 0 fully saturated rings. The van der Waals surface area contributed by atoms with E-state index in [9.17, 15) is 4.79 Å². The van der Waals surface area contributed by atoms with Crippen LogP contribution in [0.3, 0.4) is 0 Å². The topological polar surface area (TPSA) is 47.9 Å². The predicted molar refractivity (Wildman–Crippen MR) is 105 cm³/mol. The molecule has 0 aliphatic rings. The average Bonchev–Trinajstić information content (AvgIpc) is 2.66. The molecule has 4 nitrogen and oxygen atoms in total. The largest absolute Gasteiger partial charge is 0.494 e. The summed E-state index contributed by atoms with van der Waals surface area (Å²) in [5.41, 5.74) is 3.30. The van der Waals surface area contributed by atoms with Crippen molar-refractivity contribution < 1.29 is 14.4 Å². The number of oxime groups is 1. The van der Waals surface area contributed by atoms with Crippen molar-refractivity contribution in [3.8, 4) is 5.75 Å². The molecule has 0 saturated heterocycles. The van der Waals surface area contributed by atoms with Crippen molar-refractivity contribution in [1.29, 1.82) is 0 Å². The first-order valence-electron chi connectivity index (χ1n) is 9.10. The van der Waals surface area contributed by atoms with Gasteiger partial charge in [-0.1, -0.05) is 56.6 Å². The van der Waals surface area contributed by atoms with Gasteiger partial charge in [-0.2, -0.15) is 0 Å². The van der Waals surface area contributed by atoms with Gasteiger partial charge < -0.3 is 9.57 Å². The van der Waals surface area contributed by atoms with E-state index in [1.54, 1.807) is 24.3 Å². The van der Waals surface area contributed by atoms with E-state index in [4.69, 9.17) is 9.57 Å². The van der Waals surface area contributed by atoms with Crippen LogP contribution in [0.4, 0.5) is 0 Å². The predicted octanol–water partition coefficient (Wildman–Crippen LogP) is 5.57. The third-order valence-corrected chi connectivity index (χ3v) is 4.12. The van der Waals surface area contributed by atoms with Gasteiger partial charge in [0.2, 0.25) is 0 Å². The molecule has 138 valence electrons. The normalized spacial score (nSPS) is 11.5. The number of rotatable bonds is 8. The number of nitrogens with zero attached hydrogens (tertiary/aromatic N) is 1. The van der Waals surface area contributed by atoms with Crippen LogP contribution < -0.4 is 4.74 Å². The Balaban J connectivity index is 1.94. The van der Waals surface area contributed by atoms with Crippen molar-refractivity contribution in [1.82, 2.24) is 0 Å². The number of carbonyl (C=O) groups excluding carboxylic acids is 1. The molecule has 0 bridgehead atoms. The highest BCUT2D eigenvalue weighted by Gasteiger charge is 2.08. The monoisotopic (exact) mass is 353 g/mol. The van der Waals surface area contributed by atoms with E-state index < -0.39 is 5.97 Å². The molecule has 4 heteroatoms. The average molecular weight is 353 g/mol. The molecule has 0 atom stereocenters. The van der Waals surface area contributed by atoms with Gasteiger partial charge in [-0.25, -0.2) is 4.79 Å². The Hall–Kier alpha value is -2.62. The Morgan fingerprint density at radius 2 is 1.62 bits per heavy atom. The molecule has 0 spiro atoms. The smallest absolute Gasteiger partial charge is 0.365 e. The Kier molecular flexibility index (Phi) is 7.39. The van der Waals surface area contributed by atoms with Crippen LogP contribution in [0.2, 0.25) is 0 Å². The molecule has 26 heavy (non-hydrogen) atoms. The molecule has 0 aliphatic heterocycles. The zero-order chi connectivity index (χ0) is 18.9. The summed E-state index contributed by atoms with van der Waals surface area (Å²) in [5.74, 6) is 0.747. The maximum Gasteiger partial charge on any atom is 0.365 e. The van der Waals surface area contributed by atoms with E-state index in [0.29, 0.717) is 23.8 Å². The molecule has 0 aromatic heterocycles. The summed E-state index contributed by atoms with van der Waals surface area (Å²) in [7, 11) is 0. The lowest BCUT2D eigenvalue weighted by Crippen LogP contribution is -2.04. The second-order valence-electron chi connectivity index (χ2n) is 6.56. The fourth-order valence-corrected chi connectivity index (χ4v) is 2.35. The van der Waals surface area contributed by atoms with Gasteiger partial charge in [-0.15, -0.1) is 0 Å². The zero-order valence-electron chi connectivity index (χ0n) is 16.0. The minimum Gasteiger partial charge on any atom is -0.494 e. The molecule has 2 rings (SSSR count). The Labute approximate surface area is 155 Å². The van der Waals surface area contributed by atoms with Gasteiger partial charge in [0.1, 0.15) is 5.75 Å². The molecule has 2 aromatic carbocycles. The van der Waals surface area contributed by atoms with Crippen LogP contribution in [0.15, 0.2) is 53.7 Å². The van der Waals surface area contributed by atoms with Gasteiger partial charge >= 0.3 is 5.97 Å². The van der Waals surface area contributed by atoms with E-state index >= 15 is 0 Å². The molecular formula is C22H27NO3. The molecule has 0 aliphatic carbocycles. The SMILES string of the molecule is CCCCOc1ccc(C(=O)O/N=C(/C)c2ccc(C(C)C)cc2)cc1. The summed E-state index contributed by atoms with van der Waals surface area (Å²) in [5, 5.41) is 3.96. The van der Waals surface area contributed by atoms with E-state index in [2.05, 4.69) is 38.1 Å². The fraction of sp³-hybridized carbons (Fsp3) is 0.364. The number of ether oxygens (including phenoxy) is 1. The number of benzene rings is 2. The highest BCUT2D eigenvalue weighted by molar-refractivity contribution is 5.99. The first-order valence-corrected chi connectivity index (χ1v) is 9.10. The molecule has 0 saturated carbocycles. The van der Waals surface area contributed by atoms with Crippen LogP contribution >= 0.6 is 0 Å². The van der Waals surface area contributed by atoms with Crippen molar-refractivity contribution in [2.24, 2.45) is 5.16 Å². The third-order valence-electron chi connectivity index (χ3n) is 4.12. The first kappa shape index (κ1) is 19.7. The summed E-state index contributed by atoms with van der Waals surface area (Å²) in [6.45, 7) is 8.92. The lowest BCUT2D eigenvalue weighted by atomic mass is 10.0. The third kappa shape index (κ3) is 5.73. The van der Waals surface area contributed by atoms with Crippen molar-refractivity contribution in [2.45, 2.75) is 46.5 Å². The fourth-order valence-electron chi connectivity index (χ4n) is 2.35. The zero-order valence-corrected chi connectivity index (χ0v) is 16.0. The van der Waals surface area contributed by atoms with Crippen LogP contribution in [-0.2, 0) is 4.84 Å². The number of hydrogen-bond donors (Lipinski definition) is 0. The van der Waals surface area contributed by atoms with Crippen molar-refractivity contribution in [3.63, 3.8) is 0 Å². The van der Waals surface area contributed by atoms with Crippen LogP contribution in [0, 0.1) is 0 Å². The maximum atomic E-state index is 12.1. The molecule has 0 unspecified atom stereocenters. The maximum absolute atomic E-state index is 12.1. The number of unbranched alkanes of at least 4 members (excludes halogenated alkanes) is 1. The summed E-state index contributed by atoms with van der Waals surface area (Å²) < 4.78 is 5.58. The second kappa shape index (κ2) is 9.76. The molecular weight excluding hydrogens is 326 g/mol. The lowest BCUT2D eigenvalue weighted by Gasteiger charge is -2.07. The quantitative estimate of drug-likeness (QED) is 0.270. The van der Waals surface area contributed by atoms with E-state index in [1.807, 2.05) is 19.1 Å². The highest BCUT2D eigenvalue weighted by Crippen LogP contribution is 2.16. The van der Waals surface area contributed by atoms with Gasteiger partial charge in [0.05, 0.1) is 17.9 Å². The highest BCUT2D eigenvalue weighted by atomic mass is 16.7. The first-order chi connectivity index (χ1) is 12.5. The summed E-state index contributed by atoms with van der Waals surface area (Å²) in [6.07, 6.45) is 2.10. The van der Waals surface area contributed by atoms with Crippen LogP contribution in [-0.4, -0.2) is 18.3 Å². The Bertz CT molecular complexity index is 731. The molecule has 0 amide bonds. The van der Waals surface area contributed by atoms with E-state index in [-0.39, 0.29) is 0 Å². The van der Waals surface area contributed by atoms with E-state index in [0.717, 1.165) is 24.2 Å². The van der Waals surface area contributed by atoms with Gasteiger partial charge in [0.25, 0.3) is 0 Å². The van der Waals surface area contributed by atoms with Crippen molar-refractivity contribution in [3.05, 3.63) is 65.2 Å². The summed E-state index contributed by atoms with van der Waals surface area (Å²) in [4.78, 5) is 17.2. The van der Waals surface area contributed by atoms with E-state index in [1.165, 1.54) is 5.56 Å². The minimum atomic E-state index is -0.483. The Morgan fingerprint density at radius 3 is 2.19 bits per heavy atom. The van der Waals surface area contributed by atoms with Gasteiger partial charge in [0.15, 0.2) is 0 Å². The molecule has 2 aromatic rings. The van der Waals surface area contributed by atoms with Gasteiger partial charge in [0, 0.05) is 0 Å². The molecule has 0 heterocycles. The number of hydrogen-bond acceptors (Lipinski definition) is 4. The van der Waals surface area contributed by atoms with Gasteiger partial charge in [-0.3, -0.25) is 0 Å². The molecule has 0 radical (unpaired) electrons. The Morgan fingerprint density at radius 1 is 1.00 bits per heavy atom. The standard InChI is InChI=1S/C22H27NO3/c1-5-6-15-25-21-13-11-20(12-14-21)22(24)26-23-17(4)19-9-7-18(8-10-19)16(2)3/h7-14,16H,5-6,15H2,1-4H3/b23-17-. The molecule has 0 N–H and O–H groups in total. The lowest BCUT2D eigenvalue weighted by molar-refractivity contribution is 0.0516. The van der Waals surface area contributed by atoms with Crippen LogP contribution in [0.5, 0.6) is 5.75 Å². The summed E-state index contributed by atoms with van der Waals surface area (Å²) >= 11 is 0. The van der Waals surface area contributed by atoms with Crippen molar-refractivity contribution in [2.75, 3.05) is 6.61 Å². The van der Waals surface area contributed by atoms with Crippen LogP contribution in [0.25, 0.3) is 0 Å². The minimum absolute atomic E-state index is 0.444. The summed E-state index contributed by atoms with van der Waals surface area (Å²) in [6, 6.07) is 15.0.